The number of nitrogen functional groups attached to an aromatic ring is 1. The number of nitrogens with zero attached hydrogens (tertiary/aromatic N) is 1. The van der Waals surface area contributed by atoms with E-state index in [0.29, 0.717) is 15.7 Å². The Balaban J connectivity index is 2.02. The predicted octanol–water partition coefficient (Wildman–Crippen LogP) is 7.01. The second kappa shape index (κ2) is 8.52. The summed E-state index contributed by atoms with van der Waals surface area (Å²) in [6.45, 7) is 5.61. The van der Waals surface area contributed by atoms with Gasteiger partial charge in [-0.25, -0.2) is 4.79 Å². The van der Waals surface area contributed by atoms with Crippen LogP contribution in [0.15, 0.2) is 30.3 Å². The van der Waals surface area contributed by atoms with Crippen LogP contribution in [-0.4, -0.2) is 23.6 Å². The summed E-state index contributed by atoms with van der Waals surface area (Å²) in [6, 6.07) is 9.79. The predicted molar refractivity (Wildman–Crippen MR) is 128 cm³/mol. The van der Waals surface area contributed by atoms with Crippen molar-refractivity contribution in [2.75, 3.05) is 12.8 Å². The molecule has 3 rings (SSSR count). The number of carbonyl (C=O) groups excluding carboxylic acids is 1. The van der Waals surface area contributed by atoms with Gasteiger partial charge in [0.2, 0.25) is 0 Å². The third kappa shape index (κ3) is 4.94. The lowest BCUT2D eigenvalue weighted by atomic mass is 9.76. The Kier molecular flexibility index (Phi) is 6.61. The molecule has 0 radical (unpaired) electrons. The van der Waals surface area contributed by atoms with Crippen molar-refractivity contribution in [3.8, 4) is 0 Å². The third-order valence-corrected chi connectivity index (χ3v) is 6.83. The average molecular weight is 547 g/mol. The smallest absolute Gasteiger partial charge is 0.410 e. The Morgan fingerprint density at radius 3 is 2.45 bits per heavy atom. The van der Waals surface area contributed by atoms with Gasteiger partial charge < -0.3 is 15.4 Å². The van der Waals surface area contributed by atoms with E-state index in [9.17, 15) is 4.79 Å². The van der Waals surface area contributed by atoms with Crippen LogP contribution in [0.1, 0.15) is 62.3 Å². The third-order valence-electron chi connectivity index (χ3n) is 5.16. The van der Waals surface area contributed by atoms with Crippen molar-refractivity contribution in [2.24, 2.45) is 0 Å². The Hall–Kier alpha value is -1.18. The van der Waals surface area contributed by atoms with Crippen LogP contribution < -0.4 is 5.73 Å². The van der Waals surface area contributed by atoms with E-state index in [2.05, 4.69) is 28.7 Å². The molecule has 1 aliphatic rings. The van der Waals surface area contributed by atoms with Crippen molar-refractivity contribution >= 4 is 57.6 Å². The number of hydrogen-bond acceptors (Lipinski definition) is 3. The van der Waals surface area contributed by atoms with E-state index >= 15 is 0 Å². The van der Waals surface area contributed by atoms with Crippen LogP contribution in [0.3, 0.4) is 0 Å². The Morgan fingerprint density at radius 2 is 1.83 bits per heavy atom. The number of ether oxygens (including phenoxy) is 1. The van der Waals surface area contributed by atoms with Crippen molar-refractivity contribution in [2.45, 2.75) is 51.2 Å². The lowest BCUT2D eigenvalue weighted by Crippen LogP contribution is -2.38. The molecule has 0 bridgehead atoms. The Bertz CT molecular complexity index is 943. The van der Waals surface area contributed by atoms with E-state index in [0.717, 1.165) is 33.1 Å². The zero-order valence-corrected chi connectivity index (χ0v) is 20.6. The number of carbonyl (C=O) groups is 1. The van der Waals surface area contributed by atoms with Gasteiger partial charge in [-0.3, -0.25) is 0 Å². The van der Waals surface area contributed by atoms with Gasteiger partial charge in [0, 0.05) is 22.2 Å². The molecule has 2 atom stereocenters. The molecule has 0 aliphatic heterocycles. The van der Waals surface area contributed by atoms with Gasteiger partial charge in [0.1, 0.15) is 5.60 Å². The highest BCUT2D eigenvalue weighted by Crippen LogP contribution is 2.46. The van der Waals surface area contributed by atoms with Gasteiger partial charge in [0.15, 0.2) is 0 Å². The molecule has 0 spiro atoms. The maximum atomic E-state index is 12.7. The summed E-state index contributed by atoms with van der Waals surface area (Å²) in [5.41, 5.74) is 9.72. The molecule has 0 unspecified atom stereocenters. The highest BCUT2D eigenvalue weighted by atomic mass is 127. The normalized spacial score (nSPS) is 18.9. The molecule has 0 saturated carbocycles. The van der Waals surface area contributed by atoms with Crippen molar-refractivity contribution in [3.63, 3.8) is 0 Å². The van der Waals surface area contributed by atoms with Gasteiger partial charge in [-0.15, -0.1) is 0 Å². The van der Waals surface area contributed by atoms with Gasteiger partial charge in [-0.1, -0.05) is 29.3 Å². The summed E-state index contributed by atoms with van der Waals surface area (Å²) < 4.78 is 6.58. The number of rotatable bonds is 2. The fraction of sp³-hybridized carbons (Fsp3) is 0.409. The summed E-state index contributed by atoms with van der Waals surface area (Å²) in [6.07, 6.45) is 1.34. The van der Waals surface area contributed by atoms with Crippen LogP contribution in [0.25, 0.3) is 0 Å². The summed E-state index contributed by atoms with van der Waals surface area (Å²) >= 11 is 14.6. The molecular weight excluding hydrogens is 522 g/mol. The van der Waals surface area contributed by atoms with E-state index in [1.54, 1.807) is 11.9 Å². The minimum atomic E-state index is -0.545. The number of fused-ring (bicyclic) bond motifs is 1. The number of hydrogen-bond donors (Lipinski definition) is 1. The first-order valence-corrected chi connectivity index (χ1v) is 11.3. The molecular formula is C22H25Cl2IN2O2. The lowest BCUT2D eigenvalue weighted by molar-refractivity contribution is 0.0202. The minimum Gasteiger partial charge on any atom is -0.444 e. The molecule has 29 heavy (non-hydrogen) atoms. The number of amides is 1. The fourth-order valence-electron chi connectivity index (χ4n) is 3.79. The monoisotopic (exact) mass is 546 g/mol. The molecule has 4 nitrogen and oxygen atoms in total. The molecule has 0 saturated heterocycles. The molecule has 2 aromatic carbocycles. The molecule has 0 fully saturated rings. The van der Waals surface area contributed by atoms with Gasteiger partial charge in [0.25, 0.3) is 0 Å². The highest BCUT2D eigenvalue weighted by Gasteiger charge is 2.34. The topological polar surface area (TPSA) is 55.6 Å². The SMILES string of the molecule is CN(C(=O)OC(C)(C)C)[C@H]1CC[C@@H](c2ccc(Cl)c(Cl)c2)c2cc(I)c(N)cc21. The van der Waals surface area contributed by atoms with Crippen LogP contribution in [-0.2, 0) is 4.74 Å². The van der Waals surface area contributed by atoms with Crippen molar-refractivity contribution in [1.82, 2.24) is 4.90 Å². The second-order valence-electron chi connectivity index (χ2n) is 8.41. The zero-order chi connectivity index (χ0) is 21.5. The van der Waals surface area contributed by atoms with Crippen LogP contribution in [0, 0.1) is 3.57 Å². The number of anilines is 1. The Labute approximate surface area is 195 Å². The fourth-order valence-corrected chi connectivity index (χ4v) is 4.59. The molecule has 1 amide bonds. The summed E-state index contributed by atoms with van der Waals surface area (Å²) in [4.78, 5) is 14.4. The first-order valence-electron chi connectivity index (χ1n) is 9.47. The van der Waals surface area contributed by atoms with Crippen molar-refractivity contribution in [1.29, 1.82) is 0 Å². The molecule has 2 aromatic rings. The summed E-state index contributed by atoms with van der Waals surface area (Å²) in [7, 11) is 1.79. The van der Waals surface area contributed by atoms with Crippen LogP contribution in [0.5, 0.6) is 0 Å². The molecule has 0 aromatic heterocycles. The van der Waals surface area contributed by atoms with E-state index in [-0.39, 0.29) is 18.1 Å². The van der Waals surface area contributed by atoms with E-state index in [4.69, 9.17) is 33.7 Å². The standard InChI is InChI=1S/C22H25Cl2IN2O2/c1-22(2,3)29-21(28)27(4)20-8-6-13(12-5-7-16(23)17(24)9-12)14-10-18(25)19(26)11-15(14)20/h5,7,9-11,13,20H,6,8,26H2,1-4H3/t13-,20-/m0/s1. The first kappa shape index (κ1) is 22.5. The van der Waals surface area contributed by atoms with E-state index < -0.39 is 5.60 Å². The highest BCUT2D eigenvalue weighted by molar-refractivity contribution is 14.1. The van der Waals surface area contributed by atoms with Crippen LogP contribution >= 0.6 is 45.8 Å². The van der Waals surface area contributed by atoms with Crippen LogP contribution in [0.2, 0.25) is 10.0 Å². The Morgan fingerprint density at radius 1 is 1.14 bits per heavy atom. The van der Waals surface area contributed by atoms with Crippen molar-refractivity contribution < 1.29 is 9.53 Å². The van der Waals surface area contributed by atoms with E-state index in [1.807, 2.05) is 45.0 Å². The van der Waals surface area contributed by atoms with Gasteiger partial charge in [-0.05, 0) is 97.2 Å². The van der Waals surface area contributed by atoms with E-state index in [1.165, 1.54) is 0 Å². The summed E-state index contributed by atoms with van der Waals surface area (Å²) in [5, 5.41) is 1.09. The molecule has 1 aliphatic carbocycles. The lowest BCUT2D eigenvalue weighted by Gasteiger charge is -2.38. The van der Waals surface area contributed by atoms with Gasteiger partial charge >= 0.3 is 6.09 Å². The molecule has 7 heteroatoms. The zero-order valence-electron chi connectivity index (χ0n) is 16.9. The number of nitrogens with two attached hydrogens (primary N) is 1. The summed E-state index contributed by atoms with van der Waals surface area (Å²) in [5.74, 6) is 0.164. The minimum absolute atomic E-state index is 0.0989. The van der Waals surface area contributed by atoms with Gasteiger partial charge in [-0.2, -0.15) is 0 Å². The second-order valence-corrected chi connectivity index (χ2v) is 10.4. The maximum absolute atomic E-state index is 12.7. The molecule has 156 valence electrons. The van der Waals surface area contributed by atoms with Gasteiger partial charge in [0.05, 0.1) is 16.1 Å². The number of benzene rings is 2. The quantitative estimate of drug-likeness (QED) is 0.325. The molecule has 0 heterocycles. The average Bonchev–Trinajstić information content (AvgIpc) is 2.62. The number of halogens is 3. The van der Waals surface area contributed by atoms with Crippen molar-refractivity contribution in [3.05, 3.63) is 60.6 Å². The maximum Gasteiger partial charge on any atom is 0.410 e. The molecule has 2 N–H and O–H groups in total. The largest absolute Gasteiger partial charge is 0.444 e. The van der Waals surface area contributed by atoms with Crippen LogP contribution in [0.4, 0.5) is 10.5 Å². The first-order chi connectivity index (χ1) is 13.5.